The highest BCUT2D eigenvalue weighted by molar-refractivity contribution is 4.93. The molecule has 3 fully saturated rings. The first-order valence-electron chi connectivity index (χ1n) is 17.3. The van der Waals surface area contributed by atoms with Gasteiger partial charge < -0.3 is 4.74 Å². The molecule has 3 rings (SSSR count). The van der Waals surface area contributed by atoms with Crippen molar-refractivity contribution in [1.29, 1.82) is 0 Å². The van der Waals surface area contributed by atoms with E-state index in [0.717, 1.165) is 35.5 Å². The summed E-state index contributed by atoms with van der Waals surface area (Å²) in [5.74, 6) is 5.60. The number of hydrogen-bond acceptors (Lipinski definition) is 1. The molecule has 0 N–H and O–H groups in total. The lowest BCUT2D eigenvalue weighted by atomic mass is 9.57. The molecule has 0 aromatic rings. The zero-order valence-corrected chi connectivity index (χ0v) is 26.8. The van der Waals surface area contributed by atoms with Crippen molar-refractivity contribution in [3.63, 3.8) is 0 Å². The summed E-state index contributed by atoms with van der Waals surface area (Å²) in [4.78, 5) is 0. The third-order valence-electron chi connectivity index (χ3n) is 12.6. The standard InChI is InChI=1S/C36H68O/c1-9-28(10-2)29(11-3)13-12-26-35(5,6)30-16-18-31(19-17-30)36(7,8)32-20-24-34(25-21-32)37-33-22-14-27(4)15-23-33/h27-34H,9-26H2,1-8H3. The van der Waals surface area contributed by atoms with Crippen LogP contribution in [0.5, 0.6) is 0 Å². The van der Waals surface area contributed by atoms with E-state index in [9.17, 15) is 0 Å². The predicted octanol–water partition coefficient (Wildman–Crippen LogP) is 11.6. The van der Waals surface area contributed by atoms with Crippen LogP contribution < -0.4 is 0 Å². The van der Waals surface area contributed by atoms with Gasteiger partial charge >= 0.3 is 0 Å². The van der Waals surface area contributed by atoms with E-state index in [1.165, 1.54) is 116 Å². The molecule has 3 aliphatic carbocycles. The average molecular weight is 517 g/mol. The average Bonchev–Trinajstić information content (AvgIpc) is 2.90. The van der Waals surface area contributed by atoms with Crippen molar-refractivity contribution in [3.8, 4) is 0 Å². The maximum absolute atomic E-state index is 6.62. The molecule has 0 aromatic heterocycles. The van der Waals surface area contributed by atoms with Gasteiger partial charge in [-0.25, -0.2) is 0 Å². The molecule has 1 unspecified atom stereocenters. The molecule has 0 aromatic carbocycles. The summed E-state index contributed by atoms with van der Waals surface area (Å²) >= 11 is 0. The normalized spacial score (nSPS) is 33.0. The summed E-state index contributed by atoms with van der Waals surface area (Å²) < 4.78 is 6.62. The van der Waals surface area contributed by atoms with Crippen molar-refractivity contribution in [1.82, 2.24) is 0 Å². The molecule has 0 bridgehead atoms. The van der Waals surface area contributed by atoms with Crippen LogP contribution in [0.1, 0.15) is 171 Å². The highest BCUT2D eigenvalue weighted by Gasteiger charge is 2.43. The molecule has 3 aliphatic rings. The SMILES string of the molecule is CCC(CC)C(CC)CCCC(C)(C)C1CCC(C(C)(C)C2CCC(OC3CCC(C)CC3)CC2)CC1. The summed E-state index contributed by atoms with van der Waals surface area (Å²) in [6.45, 7) is 20.1. The van der Waals surface area contributed by atoms with E-state index in [1.54, 1.807) is 0 Å². The molecular weight excluding hydrogens is 448 g/mol. The minimum absolute atomic E-state index is 0.504. The molecule has 0 radical (unpaired) electrons. The van der Waals surface area contributed by atoms with Crippen LogP contribution in [-0.4, -0.2) is 12.2 Å². The predicted molar refractivity (Wildman–Crippen MR) is 163 cm³/mol. The topological polar surface area (TPSA) is 9.23 Å². The van der Waals surface area contributed by atoms with Gasteiger partial charge in [0.1, 0.15) is 0 Å². The van der Waals surface area contributed by atoms with Crippen molar-refractivity contribution in [2.24, 2.45) is 46.3 Å². The van der Waals surface area contributed by atoms with E-state index >= 15 is 0 Å². The first-order valence-corrected chi connectivity index (χ1v) is 17.3. The molecule has 1 nitrogen and oxygen atoms in total. The largest absolute Gasteiger partial charge is 0.375 e. The van der Waals surface area contributed by atoms with Crippen molar-refractivity contribution in [3.05, 3.63) is 0 Å². The van der Waals surface area contributed by atoms with Gasteiger partial charge in [0.05, 0.1) is 12.2 Å². The van der Waals surface area contributed by atoms with Crippen LogP contribution in [0.25, 0.3) is 0 Å². The highest BCUT2D eigenvalue weighted by atomic mass is 16.5. The van der Waals surface area contributed by atoms with E-state index < -0.39 is 0 Å². The quantitative estimate of drug-likeness (QED) is 0.236. The van der Waals surface area contributed by atoms with Crippen LogP contribution in [0.4, 0.5) is 0 Å². The Hall–Kier alpha value is -0.0400. The maximum atomic E-state index is 6.62. The Balaban J connectivity index is 1.40. The Kier molecular flexibility index (Phi) is 12.4. The second kappa shape index (κ2) is 14.6. The van der Waals surface area contributed by atoms with Crippen LogP contribution in [-0.2, 0) is 4.74 Å². The molecule has 3 saturated carbocycles. The van der Waals surface area contributed by atoms with E-state index in [4.69, 9.17) is 4.74 Å². The van der Waals surface area contributed by atoms with Gasteiger partial charge in [-0.05, 0) is 130 Å². The maximum Gasteiger partial charge on any atom is 0.0579 e. The van der Waals surface area contributed by atoms with Crippen LogP contribution in [0, 0.1) is 46.3 Å². The van der Waals surface area contributed by atoms with Crippen molar-refractivity contribution >= 4 is 0 Å². The Morgan fingerprint density at radius 1 is 0.595 bits per heavy atom. The van der Waals surface area contributed by atoms with E-state index in [2.05, 4.69) is 55.4 Å². The van der Waals surface area contributed by atoms with Crippen molar-refractivity contribution in [2.75, 3.05) is 0 Å². The fourth-order valence-corrected chi connectivity index (χ4v) is 9.29. The summed E-state index contributed by atoms with van der Waals surface area (Å²) in [7, 11) is 0. The van der Waals surface area contributed by atoms with Gasteiger partial charge in [0.25, 0.3) is 0 Å². The second-order valence-corrected chi connectivity index (χ2v) is 15.5. The lowest BCUT2D eigenvalue weighted by Gasteiger charge is -2.49. The van der Waals surface area contributed by atoms with Crippen LogP contribution in [0.15, 0.2) is 0 Å². The second-order valence-electron chi connectivity index (χ2n) is 15.5. The molecule has 0 amide bonds. The van der Waals surface area contributed by atoms with Gasteiger partial charge in [0.2, 0.25) is 0 Å². The fourth-order valence-electron chi connectivity index (χ4n) is 9.29. The van der Waals surface area contributed by atoms with E-state index in [-0.39, 0.29) is 0 Å². The Labute approximate surface area is 234 Å². The third kappa shape index (κ3) is 8.72. The lowest BCUT2D eigenvalue weighted by molar-refractivity contribution is -0.0698. The first kappa shape index (κ1) is 31.5. The van der Waals surface area contributed by atoms with E-state index in [1.807, 2.05) is 0 Å². The molecule has 0 heterocycles. The Bertz CT molecular complexity index is 607. The Morgan fingerprint density at radius 2 is 1.03 bits per heavy atom. The molecular formula is C36H68O. The monoisotopic (exact) mass is 517 g/mol. The lowest BCUT2D eigenvalue weighted by Crippen LogP contribution is -2.40. The summed E-state index contributed by atoms with van der Waals surface area (Å²) in [6, 6.07) is 0. The minimum Gasteiger partial charge on any atom is -0.375 e. The number of ether oxygens (including phenoxy) is 1. The highest BCUT2D eigenvalue weighted by Crippen LogP contribution is 2.52. The summed E-state index contributed by atoms with van der Waals surface area (Å²) in [5.41, 5.74) is 1.03. The van der Waals surface area contributed by atoms with Crippen molar-refractivity contribution < 1.29 is 4.74 Å². The van der Waals surface area contributed by atoms with Gasteiger partial charge in [0.15, 0.2) is 0 Å². The van der Waals surface area contributed by atoms with Crippen LogP contribution >= 0.6 is 0 Å². The molecule has 0 aliphatic heterocycles. The van der Waals surface area contributed by atoms with E-state index in [0.29, 0.717) is 23.0 Å². The van der Waals surface area contributed by atoms with Gasteiger partial charge in [-0.3, -0.25) is 0 Å². The molecule has 1 heteroatoms. The minimum atomic E-state index is 0.504. The van der Waals surface area contributed by atoms with Gasteiger partial charge in [-0.1, -0.05) is 87.5 Å². The molecule has 37 heavy (non-hydrogen) atoms. The van der Waals surface area contributed by atoms with Gasteiger partial charge in [-0.15, -0.1) is 0 Å². The zero-order valence-electron chi connectivity index (χ0n) is 26.8. The first-order chi connectivity index (χ1) is 17.6. The summed E-state index contributed by atoms with van der Waals surface area (Å²) in [5, 5.41) is 0. The smallest absolute Gasteiger partial charge is 0.0579 e. The van der Waals surface area contributed by atoms with Gasteiger partial charge in [0, 0.05) is 0 Å². The summed E-state index contributed by atoms with van der Waals surface area (Å²) in [6.07, 6.45) is 26.3. The van der Waals surface area contributed by atoms with Crippen molar-refractivity contribution in [2.45, 2.75) is 183 Å². The van der Waals surface area contributed by atoms with Crippen LogP contribution in [0.3, 0.4) is 0 Å². The fraction of sp³-hybridized carbons (Fsp3) is 1.00. The molecule has 0 spiro atoms. The molecule has 1 atom stereocenters. The van der Waals surface area contributed by atoms with Crippen LogP contribution in [0.2, 0.25) is 0 Å². The zero-order chi connectivity index (χ0) is 27.1. The van der Waals surface area contributed by atoms with Gasteiger partial charge in [-0.2, -0.15) is 0 Å². The number of hydrogen-bond donors (Lipinski definition) is 0. The number of rotatable bonds is 13. The third-order valence-corrected chi connectivity index (χ3v) is 12.6. The Morgan fingerprint density at radius 3 is 1.51 bits per heavy atom. The molecule has 0 saturated heterocycles. The molecule has 218 valence electrons.